The van der Waals surface area contributed by atoms with Crippen LogP contribution in [-0.4, -0.2) is 61.9 Å². The average Bonchev–Trinajstić information content (AvgIpc) is 2.52. The van der Waals surface area contributed by atoms with Crippen molar-refractivity contribution in [3.8, 4) is 0 Å². The maximum absolute atomic E-state index is 3.57. The first-order valence-corrected chi connectivity index (χ1v) is 8.72. The van der Waals surface area contributed by atoms with Gasteiger partial charge in [0.1, 0.15) is 6.29 Å². The van der Waals surface area contributed by atoms with Crippen molar-refractivity contribution in [2.24, 2.45) is 5.92 Å². The molecule has 0 spiro atoms. The van der Waals surface area contributed by atoms with E-state index in [0.717, 1.165) is 19.0 Å². The lowest BCUT2D eigenvalue weighted by Crippen LogP contribution is -2.62. The van der Waals surface area contributed by atoms with Crippen LogP contribution >= 0.6 is 0 Å². The Morgan fingerprint density at radius 2 is 1.75 bits per heavy atom. The molecule has 2 heterocycles. The molecule has 0 saturated carbocycles. The zero-order chi connectivity index (χ0) is 14.2. The molecule has 0 bridgehead atoms. The van der Waals surface area contributed by atoms with E-state index in [1.807, 2.05) is 0 Å². The Morgan fingerprint density at radius 3 is 2.40 bits per heavy atom. The van der Waals surface area contributed by atoms with Crippen LogP contribution in [0.1, 0.15) is 46.0 Å². The van der Waals surface area contributed by atoms with Crippen molar-refractivity contribution in [3.05, 3.63) is 0 Å². The Labute approximate surface area is 125 Å². The van der Waals surface area contributed by atoms with Gasteiger partial charge in [0.2, 0.25) is 0 Å². The smallest absolute Gasteiger partial charge is 0.114 e. The third kappa shape index (κ3) is 5.32. The summed E-state index contributed by atoms with van der Waals surface area (Å²) in [6, 6.07) is 0. The van der Waals surface area contributed by atoms with Crippen LogP contribution in [0.3, 0.4) is 0 Å². The van der Waals surface area contributed by atoms with Gasteiger partial charge < -0.3 is 4.90 Å². The summed E-state index contributed by atoms with van der Waals surface area (Å²) in [5.41, 5.74) is 0. The molecule has 0 aromatic carbocycles. The molecule has 0 amide bonds. The summed E-state index contributed by atoms with van der Waals surface area (Å²) in [6.45, 7) is 13.2. The van der Waals surface area contributed by atoms with Crippen molar-refractivity contribution in [1.29, 1.82) is 0 Å². The van der Waals surface area contributed by atoms with E-state index in [2.05, 4.69) is 34.3 Å². The van der Waals surface area contributed by atoms with Gasteiger partial charge in [-0.2, -0.15) is 0 Å². The summed E-state index contributed by atoms with van der Waals surface area (Å²) in [7, 11) is 0. The predicted molar refractivity (Wildman–Crippen MR) is 85.7 cm³/mol. The van der Waals surface area contributed by atoms with Gasteiger partial charge in [-0.05, 0) is 38.4 Å². The van der Waals surface area contributed by atoms with Gasteiger partial charge in [-0.25, -0.2) is 0 Å². The standard InChI is InChI=1S/C16H34N4/c1-3-15(2)7-4-5-10-19-11-13-20(14-12-19)16-17-8-6-9-18-16/h15-18H,3-14H2,1-2H3. The SMILES string of the molecule is CCC(C)CCCCN1CCN(C2NCCCN2)CC1. The Bertz CT molecular complexity index is 245. The quantitative estimate of drug-likeness (QED) is 0.696. The van der Waals surface area contributed by atoms with Crippen LogP contribution in [0.2, 0.25) is 0 Å². The molecule has 0 aromatic rings. The van der Waals surface area contributed by atoms with Crippen molar-refractivity contribution in [2.45, 2.75) is 52.2 Å². The van der Waals surface area contributed by atoms with E-state index in [1.54, 1.807) is 0 Å². The van der Waals surface area contributed by atoms with E-state index in [1.165, 1.54) is 64.8 Å². The van der Waals surface area contributed by atoms with Crippen molar-refractivity contribution < 1.29 is 0 Å². The van der Waals surface area contributed by atoms with Gasteiger partial charge in [0.05, 0.1) is 0 Å². The summed E-state index contributed by atoms with van der Waals surface area (Å²) in [5.74, 6) is 0.912. The maximum atomic E-state index is 3.57. The number of nitrogens with one attached hydrogen (secondary N) is 2. The second kappa shape index (κ2) is 8.98. The van der Waals surface area contributed by atoms with E-state index in [4.69, 9.17) is 0 Å². The summed E-state index contributed by atoms with van der Waals surface area (Å²) < 4.78 is 0. The molecule has 20 heavy (non-hydrogen) atoms. The molecule has 1 unspecified atom stereocenters. The summed E-state index contributed by atoms with van der Waals surface area (Å²) in [4.78, 5) is 5.21. The van der Waals surface area contributed by atoms with Crippen LogP contribution < -0.4 is 10.6 Å². The van der Waals surface area contributed by atoms with Crippen LogP contribution in [-0.2, 0) is 0 Å². The lowest BCUT2D eigenvalue weighted by molar-refractivity contribution is 0.0563. The van der Waals surface area contributed by atoms with Crippen LogP contribution in [0.15, 0.2) is 0 Å². The van der Waals surface area contributed by atoms with Gasteiger partial charge in [0, 0.05) is 26.2 Å². The molecule has 2 aliphatic heterocycles. The molecule has 4 nitrogen and oxygen atoms in total. The molecule has 0 aliphatic carbocycles. The summed E-state index contributed by atoms with van der Waals surface area (Å²) in [6.07, 6.45) is 7.21. The molecule has 1 atom stereocenters. The van der Waals surface area contributed by atoms with Crippen LogP contribution in [0.4, 0.5) is 0 Å². The molecular formula is C16H34N4. The largest absolute Gasteiger partial charge is 0.301 e. The first-order valence-electron chi connectivity index (χ1n) is 8.72. The molecule has 2 saturated heterocycles. The fraction of sp³-hybridized carbons (Fsp3) is 1.00. The fourth-order valence-electron chi connectivity index (χ4n) is 3.17. The van der Waals surface area contributed by atoms with Gasteiger partial charge in [-0.15, -0.1) is 0 Å². The maximum Gasteiger partial charge on any atom is 0.114 e. The van der Waals surface area contributed by atoms with Crippen molar-refractivity contribution in [2.75, 3.05) is 45.8 Å². The molecular weight excluding hydrogens is 248 g/mol. The summed E-state index contributed by atoms with van der Waals surface area (Å²) in [5, 5.41) is 7.14. The number of unbranched alkanes of at least 4 members (excludes halogenated alkanes) is 1. The molecule has 118 valence electrons. The van der Waals surface area contributed by atoms with Crippen molar-refractivity contribution in [3.63, 3.8) is 0 Å². The molecule has 4 heteroatoms. The minimum absolute atomic E-state index is 0.427. The molecule has 2 fully saturated rings. The minimum Gasteiger partial charge on any atom is -0.301 e. The second-order valence-electron chi connectivity index (χ2n) is 6.55. The van der Waals surface area contributed by atoms with Gasteiger partial charge in [0.25, 0.3) is 0 Å². The molecule has 0 aromatic heterocycles. The monoisotopic (exact) mass is 282 g/mol. The van der Waals surface area contributed by atoms with Gasteiger partial charge in [-0.3, -0.25) is 15.5 Å². The summed E-state index contributed by atoms with van der Waals surface area (Å²) >= 11 is 0. The Hall–Kier alpha value is -0.160. The first-order chi connectivity index (χ1) is 9.79. The normalized spacial score (nSPS) is 24.9. The topological polar surface area (TPSA) is 30.5 Å². The highest BCUT2D eigenvalue weighted by Gasteiger charge is 2.24. The van der Waals surface area contributed by atoms with E-state index in [9.17, 15) is 0 Å². The zero-order valence-electron chi connectivity index (χ0n) is 13.5. The lowest BCUT2D eigenvalue weighted by atomic mass is 10.0. The van der Waals surface area contributed by atoms with Crippen molar-refractivity contribution >= 4 is 0 Å². The van der Waals surface area contributed by atoms with Crippen molar-refractivity contribution in [1.82, 2.24) is 20.4 Å². The number of hydrogen-bond acceptors (Lipinski definition) is 4. The Balaban J connectivity index is 1.55. The highest BCUT2D eigenvalue weighted by atomic mass is 15.4. The van der Waals surface area contributed by atoms with E-state index >= 15 is 0 Å². The number of hydrogen-bond donors (Lipinski definition) is 2. The number of piperazine rings is 1. The highest BCUT2D eigenvalue weighted by molar-refractivity contribution is 4.78. The lowest BCUT2D eigenvalue weighted by Gasteiger charge is -2.41. The van der Waals surface area contributed by atoms with Crippen LogP contribution in [0, 0.1) is 5.92 Å². The Kier molecular flexibility index (Phi) is 7.28. The molecule has 2 N–H and O–H groups in total. The molecule has 0 radical (unpaired) electrons. The van der Waals surface area contributed by atoms with Gasteiger partial charge >= 0.3 is 0 Å². The van der Waals surface area contributed by atoms with Crippen LogP contribution in [0.25, 0.3) is 0 Å². The van der Waals surface area contributed by atoms with Gasteiger partial charge in [-0.1, -0.05) is 33.1 Å². The molecule has 2 rings (SSSR count). The minimum atomic E-state index is 0.427. The third-order valence-electron chi connectivity index (χ3n) is 4.92. The fourth-order valence-corrected chi connectivity index (χ4v) is 3.17. The van der Waals surface area contributed by atoms with E-state index in [-0.39, 0.29) is 0 Å². The van der Waals surface area contributed by atoms with Crippen LogP contribution in [0.5, 0.6) is 0 Å². The zero-order valence-corrected chi connectivity index (χ0v) is 13.5. The third-order valence-corrected chi connectivity index (χ3v) is 4.92. The Morgan fingerprint density at radius 1 is 1.05 bits per heavy atom. The highest BCUT2D eigenvalue weighted by Crippen LogP contribution is 2.12. The predicted octanol–water partition coefficient (Wildman–Crippen LogP) is 1.69. The van der Waals surface area contributed by atoms with E-state index < -0.39 is 0 Å². The number of rotatable bonds is 7. The van der Waals surface area contributed by atoms with Gasteiger partial charge in [0.15, 0.2) is 0 Å². The second-order valence-corrected chi connectivity index (χ2v) is 6.55. The number of nitrogens with zero attached hydrogens (tertiary/aromatic N) is 2. The van der Waals surface area contributed by atoms with E-state index in [0.29, 0.717) is 6.29 Å². The molecule has 2 aliphatic rings. The first kappa shape index (κ1) is 16.2. The average molecular weight is 282 g/mol.